The number of nitrogens with zero attached hydrogens (tertiary/aromatic N) is 2. The molecule has 1 atom stereocenters. The molecule has 1 unspecified atom stereocenters. The maximum absolute atomic E-state index is 12.4. The van der Waals surface area contributed by atoms with E-state index in [1.54, 1.807) is 23.3 Å². The predicted octanol–water partition coefficient (Wildman–Crippen LogP) is 1.23. The first-order valence-corrected chi connectivity index (χ1v) is 9.82. The van der Waals surface area contributed by atoms with E-state index in [1.165, 1.54) is 5.56 Å². The standard InChI is InChI=1S/C21H24N4O4/c26-19(14-24-9-3-6-15-5-1-2-8-18(15)24)22-23-21(28)16-11-20(27)25(12-16)13-17-7-4-10-29-17/h1-2,4-5,7-8,10,16H,3,6,9,11-14H2,(H,22,26)(H,23,28). The van der Waals surface area contributed by atoms with Gasteiger partial charge in [-0.3, -0.25) is 25.2 Å². The number of rotatable bonds is 5. The Kier molecular flexibility index (Phi) is 5.50. The Labute approximate surface area is 168 Å². The highest BCUT2D eigenvalue weighted by molar-refractivity contribution is 5.91. The number of benzene rings is 1. The fourth-order valence-corrected chi connectivity index (χ4v) is 3.91. The van der Waals surface area contributed by atoms with Crippen LogP contribution in [0.2, 0.25) is 0 Å². The highest BCUT2D eigenvalue weighted by Gasteiger charge is 2.34. The average molecular weight is 396 g/mol. The summed E-state index contributed by atoms with van der Waals surface area (Å²) in [4.78, 5) is 40.5. The highest BCUT2D eigenvalue weighted by Crippen LogP contribution is 2.26. The van der Waals surface area contributed by atoms with E-state index in [9.17, 15) is 14.4 Å². The fourth-order valence-electron chi connectivity index (χ4n) is 3.91. The zero-order chi connectivity index (χ0) is 20.2. The van der Waals surface area contributed by atoms with E-state index in [0.29, 0.717) is 18.8 Å². The van der Waals surface area contributed by atoms with Crippen molar-refractivity contribution in [3.8, 4) is 0 Å². The summed E-state index contributed by atoms with van der Waals surface area (Å²) >= 11 is 0. The summed E-state index contributed by atoms with van der Waals surface area (Å²) in [5.74, 6) is -0.555. The molecule has 8 heteroatoms. The molecule has 3 heterocycles. The monoisotopic (exact) mass is 396 g/mol. The number of hydrogen-bond acceptors (Lipinski definition) is 5. The number of anilines is 1. The third-order valence-corrected chi connectivity index (χ3v) is 5.38. The zero-order valence-corrected chi connectivity index (χ0v) is 16.1. The van der Waals surface area contributed by atoms with Gasteiger partial charge in [0.15, 0.2) is 0 Å². The van der Waals surface area contributed by atoms with Crippen LogP contribution in [0.15, 0.2) is 47.1 Å². The van der Waals surface area contributed by atoms with Crippen molar-refractivity contribution in [2.45, 2.75) is 25.8 Å². The van der Waals surface area contributed by atoms with Gasteiger partial charge in [-0.1, -0.05) is 18.2 Å². The van der Waals surface area contributed by atoms with Gasteiger partial charge in [0.1, 0.15) is 5.76 Å². The fraction of sp³-hybridized carbons (Fsp3) is 0.381. The van der Waals surface area contributed by atoms with Gasteiger partial charge >= 0.3 is 0 Å². The highest BCUT2D eigenvalue weighted by atomic mass is 16.3. The van der Waals surface area contributed by atoms with Crippen LogP contribution in [0.25, 0.3) is 0 Å². The van der Waals surface area contributed by atoms with Crippen molar-refractivity contribution in [1.29, 1.82) is 0 Å². The Morgan fingerprint density at radius 2 is 1.97 bits per heavy atom. The molecule has 1 aromatic heterocycles. The largest absolute Gasteiger partial charge is 0.467 e. The number of likely N-dealkylation sites (tertiary alicyclic amines) is 1. The molecule has 2 aromatic rings. The molecule has 0 spiro atoms. The first-order valence-electron chi connectivity index (χ1n) is 9.82. The van der Waals surface area contributed by atoms with Gasteiger partial charge in [-0.25, -0.2) is 0 Å². The Balaban J connectivity index is 1.26. The van der Waals surface area contributed by atoms with Crippen molar-refractivity contribution in [2.75, 3.05) is 24.5 Å². The first-order chi connectivity index (χ1) is 14.1. The first kappa shape index (κ1) is 19.0. The van der Waals surface area contributed by atoms with Crippen LogP contribution in [0.3, 0.4) is 0 Å². The molecule has 2 aliphatic heterocycles. The summed E-state index contributed by atoms with van der Waals surface area (Å²) < 4.78 is 5.26. The van der Waals surface area contributed by atoms with Crippen molar-refractivity contribution in [2.24, 2.45) is 5.92 Å². The lowest BCUT2D eigenvalue weighted by Crippen LogP contribution is -2.49. The van der Waals surface area contributed by atoms with Gasteiger partial charge in [0.2, 0.25) is 11.8 Å². The van der Waals surface area contributed by atoms with Crippen molar-refractivity contribution < 1.29 is 18.8 Å². The molecule has 2 N–H and O–H groups in total. The molecule has 152 valence electrons. The third-order valence-electron chi connectivity index (χ3n) is 5.38. The molecule has 3 amide bonds. The van der Waals surface area contributed by atoms with E-state index in [-0.39, 0.29) is 30.7 Å². The van der Waals surface area contributed by atoms with Crippen LogP contribution in [0.4, 0.5) is 5.69 Å². The van der Waals surface area contributed by atoms with Gasteiger partial charge < -0.3 is 14.2 Å². The SMILES string of the molecule is O=C(CN1CCCc2ccccc21)NNC(=O)C1CC(=O)N(Cc2ccco2)C1. The smallest absolute Gasteiger partial charge is 0.257 e. The predicted molar refractivity (Wildman–Crippen MR) is 105 cm³/mol. The third kappa shape index (κ3) is 4.42. The molecular formula is C21H24N4O4. The van der Waals surface area contributed by atoms with E-state index in [1.807, 2.05) is 23.1 Å². The molecule has 1 fully saturated rings. The molecule has 0 radical (unpaired) electrons. The second kappa shape index (κ2) is 8.38. The Bertz CT molecular complexity index is 896. The number of aryl methyl sites for hydroxylation is 1. The summed E-state index contributed by atoms with van der Waals surface area (Å²) in [6, 6.07) is 11.6. The summed E-state index contributed by atoms with van der Waals surface area (Å²) in [6.07, 6.45) is 3.68. The number of carbonyl (C=O) groups excluding carboxylic acids is 3. The quantitative estimate of drug-likeness (QED) is 0.742. The Morgan fingerprint density at radius 1 is 1.10 bits per heavy atom. The zero-order valence-electron chi connectivity index (χ0n) is 16.1. The van der Waals surface area contributed by atoms with Crippen molar-refractivity contribution in [1.82, 2.24) is 15.8 Å². The van der Waals surface area contributed by atoms with E-state index >= 15 is 0 Å². The Hall–Kier alpha value is -3.29. The molecule has 4 rings (SSSR count). The van der Waals surface area contributed by atoms with Crippen LogP contribution in [-0.4, -0.2) is 42.3 Å². The van der Waals surface area contributed by atoms with Gasteiger partial charge in [-0.2, -0.15) is 0 Å². The Morgan fingerprint density at radius 3 is 2.79 bits per heavy atom. The summed E-state index contributed by atoms with van der Waals surface area (Å²) in [5, 5.41) is 0. The maximum atomic E-state index is 12.4. The van der Waals surface area contributed by atoms with Crippen molar-refractivity contribution in [3.63, 3.8) is 0 Å². The van der Waals surface area contributed by atoms with Crippen LogP contribution in [0, 0.1) is 5.92 Å². The number of amides is 3. The molecule has 0 saturated carbocycles. The van der Waals surface area contributed by atoms with E-state index in [2.05, 4.69) is 16.9 Å². The van der Waals surface area contributed by atoms with Gasteiger partial charge in [-0.05, 0) is 36.6 Å². The summed E-state index contributed by atoms with van der Waals surface area (Å²) in [5.41, 5.74) is 7.25. The average Bonchev–Trinajstić information content (AvgIpc) is 3.37. The van der Waals surface area contributed by atoms with Gasteiger partial charge in [0.05, 0.1) is 25.3 Å². The van der Waals surface area contributed by atoms with E-state index < -0.39 is 5.92 Å². The second-order valence-corrected chi connectivity index (χ2v) is 7.45. The van der Waals surface area contributed by atoms with Crippen LogP contribution in [0.5, 0.6) is 0 Å². The van der Waals surface area contributed by atoms with Crippen LogP contribution < -0.4 is 15.8 Å². The van der Waals surface area contributed by atoms with Gasteiger partial charge in [0.25, 0.3) is 5.91 Å². The minimum Gasteiger partial charge on any atom is -0.467 e. The van der Waals surface area contributed by atoms with Crippen molar-refractivity contribution >= 4 is 23.4 Å². The minimum absolute atomic E-state index is 0.0993. The molecular weight excluding hydrogens is 372 g/mol. The number of hydrazine groups is 1. The van der Waals surface area contributed by atoms with Crippen LogP contribution in [0.1, 0.15) is 24.2 Å². The lowest BCUT2D eigenvalue weighted by atomic mass is 10.0. The second-order valence-electron chi connectivity index (χ2n) is 7.45. The lowest BCUT2D eigenvalue weighted by Gasteiger charge is -2.30. The van der Waals surface area contributed by atoms with Gasteiger partial charge in [-0.15, -0.1) is 0 Å². The molecule has 0 aliphatic carbocycles. The van der Waals surface area contributed by atoms with E-state index in [4.69, 9.17) is 4.42 Å². The molecule has 29 heavy (non-hydrogen) atoms. The molecule has 1 saturated heterocycles. The van der Waals surface area contributed by atoms with Crippen LogP contribution >= 0.6 is 0 Å². The normalized spacial score (nSPS) is 18.5. The minimum atomic E-state index is -0.492. The number of fused-ring (bicyclic) bond motifs is 1. The van der Waals surface area contributed by atoms with Crippen molar-refractivity contribution in [3.05, 3.63) is 54.0 Å². The van der Waals surface area contributed by atoms with Gasteiger partial charge in [0, 0.05) is 25.2 Å². The molecule has 1 aromatic carbocycles. The number of nitrogens with one attached hydrogen (secondary N) is 2. The number of carbonyl (C=O) groups is 3. The maximum Gasteiger partial charge on any atom is 0.257 e. The summed E-state index contributed by atoms with van der Waals surface area (Å²) in [6.45, 7) is 1.62. The molecule has 0 bridgehead atoms. The van der Waals surface area contributed by atoms with E-state index in [0.717, 1.165) is 25.1 Å². The number of furan rings is 1. The van der Waals surface area contributed by atoms with Crippen LogP contribution in [-0.2, 0) is 27.3 Å². The number of hydrogen-bond donors (Lipinski definition) is 2. The number of para-hydroxylation sites is 1. The topological polar surface area (TPSA) is 94.9 Å². The molecule has 2 aliphatic rings. The lowest BCUT2D eigenvalue weighted by molar-refractivity contribution is -0.131. The summed E-state index contributed by atoms with van der Waals surface area (Å²) in [7, 11) is 0. The molecule has 8 nitrogen and oxygen atoms in total.